The molecule has 20 heavy (non-hydrogen) atoms. The van der Waals surface area contributed by atoms with Crippen LogP contribution >= 0.6 is 0 Å². The van der Waals surface area contributed by atoms with Gasteiger partial charge in [0.1, 0.15) is 12.4 Å². The summed E-state index contributed by atoms with van der Waals surface area (Å²) in [6, 6.07) is 16.5. The first-order valence-corrected chi connectivity index (χ1v) is 7.23. The second kappa shape index (κ2) is 7.11. The van der Waals surface area contributed by atoms with E-state index in [2.05, 4.69) is 50.2 Å². The monoisotopic (exact) mass is 269 g/mol. The summed E-state index contributed by atoms with van der Waals surface area (Å²) in [4.78, 5) is 0. The van der Waals surface area contributed by atoms with Gasteiger partial charge >= 0.3 is 0 Å². The SMILES string of the molecule is CCCc1ccc(OCC(N)c2ccc(C)cc2)cc1. The largest absolute Gasteiger partial charge is 0.492 e. The fourth-order valence-electron chi connectivity index (χ4n) is 2.14. The van der Waals surface area contributed by atoms with Gasteiger partial charge in [0, 0.05) is 0 Å². The Morgan fingerprint density at radius 3 is 2.25 bits per heavy atom. The van der Waals surface area contributed by atoms with Crippen LogP contribution in [0.1, 0.15) is 36.1 Å². The van der Waals surface area contributed by atoms with Crippen LogP contribution in [0.3, 0.4) is 0 Å². The zero-order valence-corrected chi connectivity index (χ0v) is 12.3. The maximum atomic E-state index is 6.15. The van der Waals surface area contributed by atoms with Crippen LogP contribution in [0.25, 0.3) is 0 Å². The highest BCUT2D eigenvalue weighted by atomic mass is 16.5. The van der Waals surface area contributed by atoms with E-state index in [1.807, 2.05) is 12.1 Å². The molecular weight excluding hydrogens is 246 g/mol. The van der Waals surface area contributed by atoms with Crippen LogP contribution in [-0.4, -0.2) is 6.61 Å². The van der Waals surface area contributed by atoms with Crippen molar-refractivity contribution in [2.75, 3.05) is 6.61 Å². The quantitative estimate of drug-likeness (QED) is 0.859. The summed E-state index contributed by atoms with van der Waals surface area (Å²) in [6.07, 6.45) is 2.28. The first kappa shape index (κ1) is 14.6. The van der Waals surface area contributed by atoms with Gasteiger partial charge in [-0.2, -0.15) is 0 Å². The molecule has 0 saturated carbocycles. The standard InChI is InChI=1S/C18H23NO/c1-3-4-15-7-11-17(12-8-15)20-13-18(19)16-9-5-14(2)6-10-16/h5-12,18H,3-4,13,19H2,1-2H3. The second-order valence-corrected chi connectivity index (χ2v) is 5.22. The van der Waals surface area contributed by atoms with Gasteiger partial charge in [0.05, 0.1) is 6.04 Å². The van der Waals surface area contributed by atoms with Crippen molar-refractivity contribution in [2.45, 2.75) is 32.7 Å². The molecule has 0 aliphatic carbocycles. The predicted molar refractivity (Wildman–Crippen MR) is 84.0 cm³/mol. The molecule has 0 aromatic heterocycles. The van der Waals surface area contributed by atoms with Gasteiger partial charge in [-0.15, -0.1) is 0 Å². The average Bonchev–Trinajstić information content (AvgIpc) is 2.47. The van der Waals surface area contributed by atoms with Crippen molar-refractivity contribution < 1.29 is 4.74 Å². The summed E-state index contributed by atoms with van der Waals surface area (Å²) in [5, 5.41) is 0. The van der Waals surface area contributed by atoms with Crippen LogP contribution in [0.4, 0.5) is 0 Å². The number of hydrogen-bond donors (Lipinski definition) is 1. The maximum absolute atomic E-state index is 6.15. The van der Waals surface area contributed by atoms with Gasteiger partial charge in [0.25, 0.3) is 0 Å². The molecule has 0 fully saturated rings. The normalized spacial score (nSPS) is 12.2. The number of rotatable bonds is 6. The molecular formula is C18H23NO. The van der Waals surface area contributed by atoms with Crippen molar-refractivity contribution in [1.82, 2.24) is 0 Å². The molecule has 2 aromatic rings. The van der Waals surface area contributed by atoms with Gasteiger partial charge in [0.15, 0.2) is 0 Å². The topological polar surface area (TPSA) is 35.2 Å². The molecule has 2 aromatic carbocycles. The molecule has 0 aliphatic heterocycles. The van der Waals surface area contributed by atoms with E-state index in [1.165, 1.54) is 17.5 Å². The number of aryl methyl sites for hydroxylation is 2. The molecule has 2 nitrogen and oxygen atoms in total. The minimum absolute atomic E-state index is 0.0917. The lowest BCUT2D eigenvalue weighted by molar-refractivity contribution is 0.290. The van der Waals surface area contributed by atoms with Gasteiger partial charge in [-0.25, -0.2) is 0 Å². The Morgan fingerprint density at radius 1 is 1.00 bits per heavy atom. The number of ether oxygens (including phenoxy) is 1. The van der Waals surface area contributed by atoms with E-state index < -0.39 is 0 Å². The van der Waals surface area contributed by atoms with E-state index in [0.29, 0.717) is 6.61 Å². The summed E-state index contributed by atoms with van der Waals surface area (Å²) in [7, 11) is 0. The van der Waals surface area contributed by atoms with Crippen LogP contribution in [-0.2, 0) is 6.42 Å². The molecule has 106 valence electrons. The Kier molecular flexibility index (Phi) is 5.19. The Hall–Kier alpha value is -1.80. The van der Waals surface area contributed by atoms with Crippen molar-refractivity contribution >= 4 is 0 Å². The first-order valence-electron chi connectivity index (χ1n) is 7.23. The van der Waals surface area contributed by atoms with Crippen molar-refractivity contribution in [3.63, 3.8) is 0 Å². The van der Waals surface area contributed by atoms with Gasteiger partial charge in [-0.3, -0.25) is 0 Å². The molecule has 2 rings (SSSR count). The third-order valence-electron chi connectivity index (χ3n) is 3.40. The molecule has 0 amide bonds. The van der Waals surface area contributed by atoms with Crippen molar-refractivity contribution in [3.05, 3.63) is 65.2 Å². The van der Waals surface area contributed by atoms with E-state index in [1.54, 1.807) is 0 Å². The summed E-state index contributed by atoms with van der Waals surface area (Å²) < 4.78 is 5.76. The molecule has 0 saturated heterocycles. The van der Waals surface area contributed by atoms with Crippen LogP contribution in [0.15, 0.2) is 48.5 Å². The lowest BCUT2D eigenvalue weighted by Gasteiger charge is -2.14. The molecule has 1 unspecified atom stereocenters. The van der Waals surface area contributed by atoms with E-state index in [4.69, 9.17) is 10.5 Å². The highest BCUT2D eigenvalue weighted by molar-refractivity contribution is 5.28. The maximum Gasteiger partial charge on any atom is 0.119 e. The molecule has 0 bridgehead atoms. The minimum atomic E-state index is -0.0917. The summed E-state index contributed by atoms with van der Waals surface area (Å²) in [5.74, 6) is 0.882. The molecule has 0 heterocycles. The lowest BCUT2D eigenvalue weighted by atomic mass is 10.1. The average molecular weight is 269 g/mol. The van der Waals surface area contributed by atoms with Crippen LogP contribution in [0.2, 0.25) is 0 Å². The highest BCUT2D eigenvalue weighted by Gasteiger charge is 2.06. The third kappa shape index (κ3) is 4.10. The molecule has 2 N–H and O–H groups in total. The Morgan fingerprint density at radius 2 is 1.65 bits per heavy atom. The van der Waals surface area contributed by atoms with Crippen LogP contribution < -0.4 is 10.5 Å². The van der Waals surface area contributed by atoms with Gasteiger partial charge in [0.2, 0.25) is 0 Å². The van der Waals surface area contributed by atoms with Gasteiger partial charge in [-0.1, -0.05) is 55.3 Å². The Balaban J connectivity index is 1.89. The predicted octanol–water partition coefficient (Wildman–Crippen LogP) is 4.03. The number of benzene rings is 2. The summed E-state index contributed by atoms with van der Waals surface area (Å²) in [5.41, 5.74) is 9.85. The highest BCUT2D eigenvalue weighted by Crippen LogP contribution is 2.17. The van der Waals surface area contributed by atoms with Crippen molar-refractivity contribution in [1.29, 1.82) is 0 Å². The molecule has 1 atom stereocenters. The second-order valence-electron chi connectivity index (χ2n) is 5.22. The molecule has 0 radical (unpaired) electrons. The van der Waals surface area contributed by atoms with E-state index in [-0.39, 0.29) is 6.04 Å². The first-order chi connectivity index (χ1) is 9.69. The van der Waals surface area contributed by atoms with Crippen LogP contribution in [0.5, 0.6) is 5.75 Å². The van der Waals surface area contributed by atoms with Crippen LogP contribution in [0, 0.1) is 6.92 Å². The molecule has 0 spiro atoms. The van der Waals surface area contributed by atoms with Crippen molar-refractivity contribution in [3.8, 4) is 5.75 Å². The van der Waals surface area contributed by atoms with E-state index >= 15 is 0 Å². The zero-order valence-electron chi connectivity index (χ0n) is 12.3. The fraction of sp³-hybridized carbons (Fsp3) is 0.333. The molecule has 0 aliphatic rings. The molecule has 2 heteroatoms. The van der Waals surface area contributed by atoms with E-state index in [9.17, 15) is 0 Å². The lowest BCUT2D eigenvalue weighted by Crippen LogP contribution is -2.18. The Bertz CT molecular complexity index is 516. The van der Waals surface area contributed by atoms with Gasteiger partial charge in [-0.05, 0) is 36.6 Å². The minimum Gasteiger partial charge on any atom is -0.492 e. The third-order valence-corrected chi connectivity index (χ3v) is 3.40. The Labute approximate surface area is 121 Å². The summed E-state index contributed by atoms with van der Waals surface area (Å²) in [6.45, 7) is 4.75. The summed E-state index contributed by atoms with van der Waals surface area (Å²) >= 11 is 0. The number of nitrogens with two attached hydrogens (primary N) is 1. The van der Waals surface area contributed by atoms with Gasteiger partial charge < -0.3 is 10.5 Å². The number of hydrogen-bond acceptors (Lipinski definition) is 2. The van der Waals surface area contributed by atoms with E-state index in [0.717, 1.165) is 17.7 Å². The zero-order chi connectivity index (χ0) is 14.4. The fourth-order valence-corrected chi connectivity index (χ4v) is 2.14. The smallest absolute Gasteiger partial charge is 0.119 e. The van der Waals surface area contributed by atoms with Crippen molar-refractivity contribution in [2.24, 2.45) is 5.73 Å².